The molecule has 0 atom stereocenters. The molecule has 2 nitrogen and oxygen atoms in total. The maximum absolute atomic E-state index is 5.32. The zero-order valence-corrected chi connectivity index (χ0v) is 31.9. The molecule has 0 radical (unpaired) electrons. The maximum atomic E-state index is 5.32. The third kappa shape index (κ3) is 5.87. The molecule has 0 saturated carbocycles. The zero-order valence-electron chi connectivity index (χ0n) is 31.9. The Balaban J connectivity index is 1.32. The van der Waals surface area contributed by atoms with Crippen LogP contribution < -0.4 is 0 Å². The van der Waals surface area contributed by atoms with E-state index in [-0.39, 0.29) is 10.3 Å². The highest BCUT2D eigenvalue weighted by Crippen LogP contribution is 2.46. The molecule has 0 amide bonds. The number of benzene rings is 6. The largest absolute Gasteiger partial charge is 0.297 e. The highest BCUT2D eigenvalue weighted by Gasteiger charge is 2.39. The number of nitrogens with zero attached hydrogens (tertiary/aromatic N) is 2. The van der Waals surface area contributed by atoms with Crippen molar-refractivity contribution >= 4 is 83.2 Å². The zero-order chi connectivity index (χ0) is 36.9. The summed E-state index contributed by atoms with van der Waals surface area (Å²) in [7, 11) is 11.6. The Kier molecular flexibility index (Phi) is 8.85. The number of hydrogen-bond acceptors (Lipinski definition) is 1. The van der Waals surface area contributed by atoms with Crippen molar-refractivity contribution in [2.75, 3.05) is 0 Å². The minimum Gasteiger partial charge on any atom is -0.297 e. The molecule has 7 aromatic rings. The van der Waals surface area contributed by atoms with Crippen LogP contribution in [0.15, 0.2) is 146 Å². The van der Waals surface area contributed by atoms with Crippen LogP contribution in [0.1, 0.15) is 36.1 Å². The van der Waals surface area contributed by atoms with Crippen LogP contribution in [0.3, 0.4) is 0 Å². The Hall–Kier alpha value is -5.41. The van der Waals surface area contributed by atoms with Gasteiger partial charge in [-0.05, 0) is 115 Å². The van der Waals surface area contributed by atoms with Gasteiger partial charge in [-0.2, -0.15) is 0 Å². The van der Waals surface area contributed by atoms with Crippen LogP contribution in [0, 0.1) is 0 Å². The Morgan fingerprint density at radius 3 is 2.04 bits per heavy atom. The lowest BCUT2D eigenvalue weighted by molar-refractivity contribution is 0.746. The number of imidazole rings is 1. The summed E-state index contributed by atoms with van der Waals surface area (Å²) in [6.07, 6.45) is 14.8. The number of aromatic nitrogens is 2. The lowest BCUT2D eigenvalue weighted by atomic mass is 9.23. The summed E-state index contributed by atoms with van der Waals surface area (Å²) in [5.74, 6) is 1.13. The van der Waals surface area contributed by atoms with Crippen LogP contribution in [0.4, 0.5) is 0 Å². The normalized spacial score (nSPS) is 13.6. The molecule has 1 aromatic heterocycles. The van der Waals surface area contributed by atoms with E-state index in [9.17, 15) is 0 Å². The molecule has 1 heterocycles. The van der Waals surface area contributed by atoms with Crippen molar-refractivity contribution in [1.82, 2.24) is 9.55 Å². The topological polar surface area (TPSA) is 17.8 Å². The Morgan fingerprint density at radius 2 is 1.38 bits per heavy atom. The fourth-order valence-corrected chi connectivity index (χ4v) is 7.94. The van der Waals surface area contributed by atoms with Gasteiger partial charge in [0.05, 0.1) is 34.9 Å². The van der Waals surface area contributed by atoms with Gasteiger partial charge in [-0.1, -0.05) is 128 Å². The van der Waals surface area contributed by atoms with Crippen LogP contribution in [-0.4, -0.2) is 48.8 Å². The van der Waals surface area contributed by atoms with Crippen LogP contribution in [0.2, 0.25) is 5.11 Å². The van der Waals surface area contributed by atoms with E-state index in [4.69, 9.17) is 4.98 Å². The molecule has 53 heavy (non-hydrogen) atoms. The smallest absolute Gasteiger partial charge is 0.106 e. The Morgan fingerprint density at radius 1 is 0.755 bits per heavy atom. The first-order chi connectivity index (χ1) is 25.6. The highest BCUT2D eigenvalue weighted by atomic mass is 15.1. The van der Waals surface area contributed by atoms with Crippen LogP contribution in [-0.2, 0) is 11.6 Å². The molecule has 252 valence electrons. The summed E-state index contributed by atoms with van der Waals surface area (Å²) in [4.78, 5) is 5.32. The van der Waals surface area contributed by atoms with Gasteiger partial charge in [-0.15, -0.1) is 5.11 Å². The van der Waals surface area contributed by atoms with Crippen LogP contribution in [0.25, 0.3) is 71.9 Å². The second-order valence-electron chi connectivity index (χ2n) is 15.9. The van der Waals surface area contributed by atoms with Crippen molar-refractivity contribution in [3.05, 3.63) is 169 Å². The maximum Gasteiger partial charge on any atom is 0.106 e. The lowest BCUT2D eigenvalue weighted by Crippen LogP contribution is -2.45. The van der Waals surface area contributed by atoms with Crippen molar-refractivity contribution < 1.29 is 0 Å². The average Bonchev–Trinajstić information content (AvgIpc) is 3.57. The quantitative estimate of drug-likeness (QED) is 0.0949. The highest BCUT2D eigenvalue weighted by molar-refractivity contribution is 6.67. The summed E-state index contributed by atoms with van der Waals surface area (Å²) in [6, 6.07) is 40.5. The Bertz CT molecular complexity index is 2610. The van der Waals surface area contributed by atoms with Gasteiger partial charge in [0.2, 0.25) is 0 Å². The van der Waals surface area contributed by atoms with E-state index < -0.39 is 0 Å². The first-order valence-electron chi connectivity index (χ1n) is 18.9. The molecule has 7 heteroatoms. The van der Waals surface area contributed by atoms with E-state index in [1.807, 2.05) is 13.0 Å². The van der Waals surface area contributed by atoms with Gasteiger partial charge in [-0.25, -0.2) is 4.98 Å². The number of aryl methyl sites for hydroxylation is 1. The molecule has 0 saturated heterocycles. The van der Waals surface area contributed by atoms with Gasteiger partial charge in [0.15, 0.2) is 0 Å². The standard InChI is InChI=1S/C46H43B5N2/c1-3-5-14-29(4-2)34-15-6-7-16-35(34)43-38-19-10-8-17-36(38)42(37-18-9-11-20-39(37)43)32-24-23-31-28-33(26-25-30(31)27-32)53-41-22-13-12-21-40(41)52-44(53)45(47,48)46(49,50)51/h3-11,13-20,22-28H,2,12,21,47-51H2,1H3/b5-3-,29-14+. The summed E-state index contributed by atoms with van der Waals surface area (Å²) in [5, 5.41) is 7.31. The molecule has 0 aliphatic heterocycles. The average molecular weight is 678 g/mol. The van der Waals surface area contributed by atoms with E-state index >= 15 is 0 Å². The van der Waals surface area contributed by atoms with Gasteiger partial charge in [0.1, 0.15) is 21.5 Å². The SMILES string of the molecule is BC(B)(B)C(B)(B)c1nc2c(n1-c1ccc3cc(-c4c5ccccc5c(-c5ccccc5/C(C=C)=C/C=C\C)c5ccccc45)ccc3c1)C=CCC2. The number of allylic oxidation sites excluding steroid dienone is 6. The van der Waals surface area contributed by atoms with Crippen molar-refractivity contribution in [1.29, 1.82) is 0 Å². The predicted octanol–water partition coefficient (Wildman–Crippen LogP) is 7.16. The molecule has 8 rings (SSSR count). The molecule has 0 spiro atoms. The number of fused-ring (bicyclic) bond motifs is 4. The van der Waals surface area contributed by atoms with Crippen molar-refractivity contribution in [2.45, 2.75) is 30.1 Å². The van der Waals surface area contributed by atoms with E-state index in [1.165, 1.54) is 77.2 Å². The van der Waals surface area contributed by atoms with Crippen LogP contribution >= 0.6 is 0 Å². The van der Waals surface area contributed by atoms with Crippen LogP contribution in [0.5, 0.6) is 0 Å². The van der Waals surface area contributed by atoms with Crippen molar-refractivity contribution in [2.24, 2.45) is 0 Å². The fraction of sp³-hybridized carbons (Fsp3) is 0.109. The third-order valence-corrected chi connectivity index (χ3v) is 11.7. The minimum atomic E-state index is -0.137. The molecule has 0 unspecified atom stereocenters. The molecule has 1 aliphatic carbocycles. The molecule has 0 fully saturated rings. The number of rotatable bonds is 8. The summed E-state index contributed by atoms with van der Waals surface area (Å²) >= 11 is 0. The first-order valence-corrected chi connectivity index (χ1v) is 18.9. The molecule has 0 N–H and O–H groups in total. The summed E-state index contributed by atoms with van der Waals surface area (Å²) in [6.45, 7) is 6.23. The predicted molar refractivity (Wildman–Crippen MR) is 244 cm³/mol. The van der Waals surface area contributed by atoms with Crippen molar-refractivity contribution in [3.63, 3.8) is 0 Å². The molecule has 0 bridgehead atoms. The van der Waals surface area contributed by atoms with Gasteiger partial charge < -0.3 is 0 Å². The van der Waals surface area contributed by atoms with Gasteiger partial charge in [-0.3, -0.25) is 4.57 Å². The second kappa shape index (κ2) is 13.5. The monoisotopic (exact) mass is 678 g/mol. The minimum absolute atomic E-state index is 0.0361. The Labute approximate surface area is 318 Å². The molecular weight excluding hydrogens is 635 g/mol. The molecule has 1 aliphatic rings. The third-order valence-electron chi connectivity index (χ3n) is 11.7. The first kappa shape index (κ1) is 34.7. The lowest BCUT2D eigenvalue weighted by Gasteiger charge is -2.39. The van der Waals surface area contributed by atoms with E-state index in [1.54, 1.807) is 0 Å². The molecular formula is C46H43B5N2. The van der Waals surface area contributed by atoms with Gasteiger partial charge >= 0.3 is 0 Å². The summed E-state index contributed by atoms with van der Waals surface area (Å²) in [5.41, 5.74) is 10.8. The van der Waals surface area contributed by atoms with E-state index in [0.29, 0.717) is 0 Å². The molecule has 6 aromatic carbocycles. The second-order valence-corrected chi connectivity index (χ2v) is 15.9. The van der Waals surface area contributed by atoms with Gasteiger partial charge in [0.25, 0.3) is 0 Å². The van der Waals surface area contributed by atoms with Crippen molar-refractivity contribution in [3.8, 4) is 27.9 Å². The van der Waals surface area contributed by atoms with Gasteiger partial charge in [0, 0.05) is 5.69 Å². The van der Waals surface area contributed by atoms with E-state index in [0.717, 1.165) is 24.2 Å². The fourth-order valence-electron chi connectivity index (χ4n) is 7.94. The summed E-state index contributed by atoms with van der Waals surface area (Å²) < 4.78 is 2.42. The van der Waals surface area contributed by atoms with E-state index in [2.05, 4.69) is 190 Å². The number of hydrogen-bond donors (Lipinski definition) is 0.